The molecule has 1 saturated carbocycles. The van der Waals surface area contributed by atoms with Crippen LogP contribution in [-0.4, -0.2) is 26.2 Å². The van der Waals surface area contributed by atoms with E-state index in [4.69, 9.17) is 10.5 Å². The number of benzene rings is 1. The number of ether oxygens (including phenoxy) is 1. The summed E-state index contributed by atoms with van der Waals surface area (Å²) >= 11 is 0. The summed E-state index contributed by atoms with van der Waals surface area (Å²) in [6.45, 7) is 5.40. The molecule has 0 bridgehead atoms. The van der Waals surface area contributed by atoms with Crippen molar-refractivity contribution in [3.8, 4) is 0 Å². The van der Waals surface area contributed by atoms with Crippen LogP contribution in [0.15, 0.2) is 18.2 Å². The van der Waals surface area contributed by atoms with Gasteiger partial charge in [-0.1, -0.05) is 6.92 Å². The van der Waals surface area contributed by atoms with Gasteiger partial charge in [-0.15, -0.1) is 0 Å². The molecule has 2 unspecified atom stereocenters. The highest BCUT2D eigenvalue weighted by atomic mass is 16.5. The van der Waals surface area contributed by atoms with Crippen LogP contribution < -0.4 is 10.6 Å². The normalized spacial score (nSPS) is 21.0. The van der Waals surface area contributed by atoms with E-state index in [1.165, 1.54) is 6.42 Å². The number of nitrogens with two attached hydrogens (primary N) is 1. The quantitative estimate of drug-likeness (QED) is 0.654. The number of nitrogens with zero attached hydrogens (tertiary/aromatic N) is 1. The Kier molecular flexibility index (Phi) is 3.98. The molecule has 0 heterocycles. The van der Waals surface area contributed by atoms with Gasteiger partial charge in [0.05, 0.1) is 17.9 Å². The largest absolute Gasteiger partial charge is 0.462 e. The average Bonchev–Trinajstić information content (AvgIpc) is 3.04. The molecule has 19 heavy (non-hydrogen) atoms. The number of carbonyl (C=O) groups excluding carboxylic acids is 1. The molecule has 1 aliphatic rings. The van der Waals surface area contributed by atoms with Crippen molar-refractivity contribution in [1.82, 2.24) is 0 Å². The Bertz CT molecular complexity index is 473. The molecule has 2 atom stereocenters. The third-order valence-corrected chi connectivity index (χ3v) is 3.71. The second-order valence-corrected chi connectivity index (χ2v) is 5.35. The lowest BCUT2D eigenvalue weighted by molar-refractivity contribution is 0.0527. The van der Waals surface area contributed by atoms with Crippen molar-refractivity contribution in [2.75, 3.05) is 30.8 Å². The van der Waals surface area contributed by atoms with Gasteiger partial charge in [-0.3, -0.25) is 0 Å². The van der Waals surface area contributed by atoms with Crippen molar-refractivity contribution >= 4 is 17.3 Å². The smallest absolute Gasteiger partial charge is 0.340 e. The molecule has 4 heteroatoms. The Morgan fingerprint density at radius 2 is 2.21 bits per heavy atom. The average molecular weight is 262 g/mol. The summed E-state index contributed by atoms with van der Waals surface area (Å²) in [6, 6.07) is 5.42. The Labute approximate surface area is 114 Å². The van der Waals surface area contributed by atoms with E-state index in [2.05, 4.69) is 11.8 Å². The monoisotopic (exact) mass is 262 g/mol. The van der Waals surface area contributed by atoms with Gasteiger partial charge in [-0.2, -0.15) is 0 Å². The van der Waals surface area contributed by atoms with Crippen LogP contribution in [0, 0.1) is 11.8 Å². The first-order chi connectivity index (χ1) is 9.02. The summed E-state index contributed by atoms with van der Waals surface area (Å²) in [7, 11) is 2.01. The topological polar surface area (TPSA) is 55.6 Å². The molecule has 2 N–H and O–H groups in total. The molecule has 0 aliphatic heterocycles. The summed E-state index contributed by atoms with van der Waals surface area (Å²) < 4.78 is 5.09. The van der Waals surface area contributed by atoms with E-state index in [-0.39, 0.29) is 5.97 Å². The van der Waals surface area contributed by atoms with E-state index in [1.54, 1.807) is 13.0 Å². The van der Waals surface area contributed by atoms with Crippen molar-refractivity contribution in [2.45, 2.75) is 20.3 Å². The number of esters is 1. The maximum atomic E-state index is 12.0. The predicted octanol–water partition coefficient (Wildman–Crippen LogP) is 2.54. The van der Waals surface area contributed by atoms with Crippen LogP contribution >= 0.6 is 0 Å². The van der Waals surface area contributed by atoms with Crippen LogP contribution in [0.2, 0.25) is 0 Å². The maximum Gasteiger partial charge on any atom is 0.340 e. The fourth-order valence-corrected chi connectivity index (χ4v) is 2.36. The Morgan fingerprint density at radius 3 is 2.79 bits per heavy atom. The highest BCUT2D eigenvalue weighted by Gasteiger charge is 2.33. The molecular weight excluding hydrogens is 240 g/mol. The lowest BCUT2D eigenvalue weighted by atomic mass is 10.1. The molecule has 4 nitrogen and oxygen atoms in total. The van der Waals surface area contributed by atoms with E-state index < -0.39 is 0 Å². The van der Waals surface area contributed by atoms with Gasteiger partial charge in [-0.25, -0.2) is 4.79 Å². The van der Waals surface area contributed by atoms with Crippen LogP contribution in [-0.2, 0) is 4.74 Å². The molecule has 1 fully saturated rings. The van der Waals surface area contributed by atoms with Crippen LogP contribution in [0.1, 0.15) is 30.6 Å². The van der Waals surface area contributed by atoms with Crippen molar-refractivity contribution in [2.24, 2.45) is 11.8 Å². The molecule has 1 aliphatic carbocycles. The molecular formula is C15H22N2O2. The standard InChI is InChI=1S/C15H22N2O2/c1-4-19-15(18)13-8-12(16)5-6-14(13)17(3)9-11-7-10(11)2/h5-6,8,10-11H,4,7,9,16H2,1-3H3. The van der Waals surface area contributed by atoms with Crippen LogP contribution in [0.25, 0.3) is 0 Å². The second-order valence-electron chi connectivity index (χ2n) is 5.35. The molecule has 104 valence electrons. The van der Waals surface area contributed by atoms with Gasteiger partial charge in [0.25, 0.3) is 0 Å². The van der Waals surface area contributed by atoms with Gasteiger partial charge in [0.1, 0.15) is 0 Å². The molecule has 0 spiro atoms. The van der Waals surface area contributed by atoms with Gasteiger partial charge < -0.3 is 15.4 Å². The SMILES string of the molecule is CCOC(=O)c1cc(N)ccc1N(C)CC1CC1C. The minimum absolute atomic E-state index is 0.305. The first-order valence-corrected chi connectivity index (χ1v) is 6.80. The van der Waals surface area contributed by atoms with Crippen molar-refractivity contribution in [3.63, 3.8) is 0 Å². The van der Waals surface area contributed by atoms with E-state index in [0.29, 0.717) is 17.9 Å². The zero-order valence-electron chi connectivity index (χ0n) is 11.8. The molecule has 0 aromatic heterocycles. The zero-order valence-corrected chi connectivity index (χ0v) is 11.8. The van der Waals surface area contributed by atoms with Crippen LogP contribution in [0.3, 0.4) is 0 Å². The summed E-state index contributed by atoms with van der Waals surface area (Å²) in [5.74, 6) is 1.22. The summed E-state index contributed by atoms with van der Waals surface area (Å²) in [5.41, 5.74) is 7.80. The van der Waals surface area contributed by atoms with E-state index in [0.717, 1.165) is 24.1 Å². The highest BCUT2D eigenvalue weighted by molar-refractivity contribution is 5.97. The first kappa shape index (κ1) is 13.7. The molecule has 0 saturated heterocycles. The number of anilines is 2. The van der Waals surface area contributed by atoms with Gasteiger partial charge >= 0.3 is 5.97 Å². The van der Waals surface area contributed by atoms with Crippen molar-refractivity contribution in [1.29, 1.82) is 0 Å². The Morgan fingerprint density at radius 1 is 1.53 bits per heavy atom. The molecule has 0 radical (unpaired) electrons. The first-order valence-electron chi connectivity index (χ1n) is 6.80. The van der Waals surface area contributed by atoms with Gasteiger partial charge in [0.2, 0.25) is 0 Å². The molecule has 1 aromatic rings. The number of carbonyl (C=O) groups is 1. The minimum atomic E-state index is -0.305. The fourth-order valence-electron chi connectivity index (χ4n) is 2.36. The number of rotatable bonds is 5. The third-order valence-electron chi connectivity index (χ3n) is 3.71. The second kappa shape index (κ2) is 5.51. The lowest BCUT2D eigenvalue weighted by Gasteiger charge is -2.22. The van der Waals surface area contributed by atoms with Gasteiger partial charge in [0, 0.05) is 19.3 Å². The summed E-state index contributed by atoms with van der Waals surface area (Å²) in [6.07, 6.45) is 1.27. The molecule has 1 aromatic carbocycles. The minimum Gasteiger partial charge on any atom is -0.462 e. The van der Waals surface area contributed by atoms with E-state index >= 15 is 0 Å². The number of hydrogen-bond donors (Lipinski definition) is 1. The van der Waals surface area contributed by atoms with Crippen LogP contribution in [0.4, 0.5) is 11.4 Å². The third kappa shape index (κ3) is 3.19. The lowest BCUT2D eigenvalue weighted by Crippen LogP contribution is -2.23. The predicted molar refractivity (Wildman–Crippen MR) is 77.4 cm³/mol. The van der Waals surface area contributed by atoms with E-state index in [1.807, 2.05) is 19.2 Å². The summed E-state index contributed by atoms with van der Waals surface area (Å²) in [4.78, 5) is 14.1. The summed E-state index contributed by atoms with van der Waals surface area (Å²) in [5, 5.41) is 0. The highest BCUT2D eigenvalue weighted by Crippen LogP contribution is 2.39. The Hall–Kier alpha value is -1.71. The Balaban J connectivity index is 2.20. The van der Waals surface area contributed by atoms with Crippen molar-refractivity contribution < 1.29 is 9.53 Å². The van der Waals surface area contributed by atoms with Gasteiger partial charge in [0.15, 0.2) is 0 Å². The fraction of sp³-hybridized carbons (Fsp3) is 0.533. The van der Waals surface area contributed by atoms with Gasteiger partial charge in [-0.05, 0) is 43.4 Å². The van der Waals surface area contributed by atoms with Crippen molar-refractivity contribution in [3.05, 3.63) is 23.8 Å². The van der Waals surface area contributed by atoms with E-state index in [9.17, 15) is 4.79 Å². The molecule has 0 amide bonds. The maximum absolute atomic E-state index is 12.0. The number of hydrogen-bond acceptors (Lipinski definition) is 4. The number of nitrogen functional groups attached to an aromatic ring is 1. The van der Waals surface area contributed by atoms with Crippen LogP contribution in [0.5, 0.6) is 0 Å². The molecule has 2 rings (SSSR count). The zero-order chi connectivity index (χ0) is 14.0.